The first-order valence-electron chi connectivity index (χ1n) is 17.4. The van der Waals surface area contributed by atoms with Crippen molar-refractivity contribution >= 4 is 85.4 Å². The molecule has 21 heteroatoms. The predicted molar refractivity (Wildman–Crippen MR) is 225 cm³/mol. The van der Waals surface area contributed by atoms with Crippen molar-refractivity contribution < 1.29 is 65.5 Å². The van der Waals surface area contributed by atoms with Gasteiger partial charge in [-0.3, -0.25) is 14.4 Å². The fourth-order valence-corrected chi connectivity index (χ4v) is 6.01. The molecule has 2 aliphatic rings. The maximum atomic E-state index is 12.3. The number of carbonyl (C=O) groups excluding carboxylic acids is 3. The molecule has 2 heterocycles. The maximum Gasteiger partial charge on any atom is 0.573 e. The molecule has 1 atom stereocenters. The van der Waals surface area contributed by atoms with Gasteiger partial charge in [0.2, 0.25) is 0 Å². The second kappa shape index (κ2) is 21.3. The first kappa shape index (κ1) is 51.3. The van der Waals surface area contributed by atoms with E-state index >= 15 is 0 Å². The van der Waals surface area contributed by atoms with Gasteiger partial charge in [0, 0.05) is 30.8 Å². The highest BCUT2D eigenvalue weighted by atomic mass is 79.9. The van der Waals surface area contributed by atoms with Crippen LogP contribution in [0.3, 0.4) is 0 Å². The number of anilines is 3. The number of amides is 2. The summed E-state index contributed by atoms with van der Waals surface area (Å²) in [6.07, 6.45) is -10.6. The number of halogens is 10. The number of hydrogen-bond acceptors (Lipinski definition) is 9. The minimum absolute atomic E-state index is 0.120. The van der Waals surface area contributed by atoms with Crippen LogP contribution in [0.1, 0.15) is 45.1 Å². The van der Waals surface area contributed by atoms with Gasteiger partial charge in [0.25, 0.3) is 17.6 Å². The molecule has 0 aromatic heterocycles. The lowest BCUT2D eigenvalue weighted by Gasteiger charge is -2.22. The Labute approximate surface area is 373 Å². The molecule has 0 spiro atoms. The van der Waals surface area contributed by atoms with Crippen LogP contribution < -0.4 is 25.8 Å². The summed E-state index contributed by atoms with van der Waals surface area (Å²) in [6.45, 7) is 6.63. The summed E-state index contributed by atoms with van der Waals surface area (Å²) in [5.41, 5.74) is 8.32. The predicted octanol–water partition coefficient (Wildman–Crippen LogP) is 10.4. The van der Waals surface area contributed by atoms with Crippen molar-refractivity contribution in [1.82, 2.24) is 0 Å². The molecule has 62 heavy (non-hydrogen) atoms. The topological polar surface area (TPSA) is 180 Å². The van der Waals surface area contributed by atoms with Crippen molar-refractivity contribution in [2.75, 3.05) is 16.4 Å². The van der Waals surface area contributed by atoms with Crippen molar-refractivity contribution in [1.29, 1.82) is 0 Å². The molecular formula is C41H35BrCl3F6N3O8. The van der Waals surface area contributed by atoms with Crippen LogP contribution in [0.5, 0.6) is 11.5 Å². The third kappa shape index (κ3) is 14.0. The zero-order valence-corrected chi connectivity index (χ0v) is 36.3. The highest BCUT2D eigenvalue weighted by molar-refractivity contribution is 9.10. The van der Waals surface area contributed by atoms with Gasteiger partial charge in [-0.2, -0.15) is 0 Å². The number of hydrogen-bond donors (Lipinski definition) is 6. The lowest BCUT2D eigenvalue weighted by Crippen LogP contribution is -2.35. The number of ketones is 1. The summed E-state index contributed by atoms with van der Waals surface area (Å²) >= 11 is 20.7. The number of aliphatic hydroxyl groups is 3. The average molecular weight is 998 g/mol. The van der Waals surface area contributed by atoms with Crippen LogP contribution in [-0.4, -0.2) is 51.9 Å². The number of Topliss-reactive ketones (excluding diaryl/α,β-unsaturated/α-hetero) is 1. The van der Waals surface area contributed by atoms with E-state index in [1.165, 1.54) is 49.4 Å². The maximum absolute atomic E-state index is 12.3. The first-order chi connectivity index (χ1) is 28.7. The molecule has 0 aliphatic carbocycles. The summed E-state index contributed by atoms with van der Waals surface area (Å²) in [7, 11) is 0. The Bertz CT molecular complexity index is 2380. The summed E-state index contributed by atoms with van der Waals surface area (Å²) in [5, 5.41) is 32.9. The fraction of sp³-hybridized carbons (Fsp3) is 0.195. The Morgan fingerprint density at radius 3 is 1.60 bits per heavy atom. The molecule has 332 valence electrons. The Morgan fingerprint density at radius 2 is 1.13 bits per heavy atom. The summed E-state index contributed by atoms with van der Waals surface area (Å²) in [6, 6.07) is 21.6. The monoisotopic (exact) mass is 995 g/mol. The van der Waals surface area contributed by atoms with Crippen molar-refractivity contribution in [2.24, 2.45) is 0 Å². The fourth-order valence-electron chi connectivity index (χ4n) is 5.25. The van der Waals surface area contributed by atoms with Crippen molar-refractivity contribution in [3.05, 3.63) is 144 Å². The SMILES string of the molecule is CC(O)O.Cc1c(Cl)ccc2c1NC(=O)C2(O)c1ccc(OC(F)(F)F)cc1.Cc1c(Cl)ccc2c1NC(=O)C2=O.Cc1c(N)cccc1Cl.FC(F)(F)Oc1ccc(Br)cc1. The second-order valence-corrected chi connectivity index (χ2v) is 14.9. The van der Waals surface area contributed by atoms with E-state index in [0.717, 1.165) is 34.0 Å². The van der Waals surface area contributed by atoms with Gasteiger partial charge in [0.05, 0.1) is 16.9 Å². The molecule has 2 aliphatic heterocycles. The smallest absolute Gasteiger partial charge is 0.406 e. The Balaban J connectivity index is 0.000000229. The Hall–Kier alpha value is -5.08. The Morgan fingerprint density at radius 1 is 0.677 bits per heavy atom. The Kier molecular flexibility index (Phi) is 17.6. The van der Waals surface area contributed by atoms with Crippen LogP contribution in [0.25, 0.3) is 0 Å². The molecular weight excluding hydrogens is 963 g/mol. The van der Waals surface area contributed by atoms with E-state index in [1.54, 1.807) is 32.0 Å². The summed E-state index contributed by atoms with van der Waals surface area (Å²) in [4.78, 5) is 34.5. The van der Waals surface area contributed by atoms with Crippen molar-refractivity contribution in [2.45, 2.75) is 52.3 Å². The normalized spacial score (nSPS) is 14.8. The van der Waals surface area contributed by atoms with Gasteiger partial charge in [-0.05, 0) is 117 Å². The minimum atomic E-state index is -4.82. The average Bonchev–Trinajstić information content (AvgIpc) is 3.62. The number of ether oxygens (including phenoxy) is 2. The zero-order valence-electron chi connectivity index (χ0n) is 32.5. The highest BCUT2D eigenvalue weighted by Crippen LogP contribution is 2.44. The van der Waals surface area contributed by atoms with Gasteiger partial charge < -0.3 is 41.2 Å². The van der Waals surface area contributed by atoms with Crippen LogP contribution in [0.4, 0.5) is 43.4 Å². The molecule has 1 unspecified atom stereocenters. The van der Waals surface area contributed by atoms with Gasteiger partial charge in [0.1, 0.15) is 17.8 Å². The summed E-state index contributed by atoms with van der Waals surface area (Å²) in [5.74, 6) is -2.44. The third-order valence-electron chi connectivity index (χ3n) is 8.31. The lowest BCUT2D eigenvalue weighted by atomic mass is 9.87. The van der Waals surface area contributed by atoms with Gasteiger partial charge in [-0.15, -0.1) is 26.3 Å². The van der Waals surface area contributed by atoms with Crippen LogP contribution in [0.2, 0.25) is 15.1 Å². The number of alkyl halides is 6. The highest BCUT2D eigenvalue weighted by Gasteiger charge is 2.47. The number of nitrogens with one attached hydrogen (secondary N) is 2. The van der Waals surface area contributed by atoms with Crippen molar-refractivity contribution in [3.63, 3.8) is 0 Å². The number of fused-ring (bicyclic) bond motifs is 2. The second-order valence-electron chi connectivity index (χ2n) is 12.8. The third-order valence-corrected chi connectivity index (χ3v) is 10.1. The standard InChI is InChI=1S/C16H11ClF3NO3.C9H6ClNO2.C7H4BrF3O.C7H8ClN.C2H6O2/c1-8-12(17)7-6-11-13(8)21-14(22)15(11,23)9-2-4-10(5-3-9)24-16(18,19)20;1-4-6(10)3-2-5-7(4)11-9(13)8(5)12;8-5-1-3-6(4-2-5)12-7(9,10)11;1-5-6(8)3-2-4-7(5)9;1-2(3)4/h2-7,23H,1H3,(H,21,22);2-3H,1H3,(H,11,12,13);1-4H;2-4H,9H2,1H3;2-4H,1H3. The van der Waals surface area contributed by atoms with Gasteiger partial charge in [-0.25, -0.2) is 0 Å². The molecule has 5 aromatic rings. The summed E-state index contributed by atoms with van der Waals surface area (Å²) < 4.78 is 79.6. The molecule has 7 rings (SSSR count). The first-order valence-corrected chi connectivity index (χ1v) is 19.3. The van der Waals surface area contributed by atoms with Gasteiger partial charge in [0.15, 0.2) is 5.60 Å². The number of nitrogen functional groups attached to an aromatic ring is 1. The molecule has 5 aromatic carbocycles. The number of carbonyl (C=O) groups is 3. The molecule has 2 amide bonds. The largest absolute Gasteiger partial charge is 0.573 e. The van der Waals surface area contributed by atoms with E-state index < -0.39 is 48.0 Å². The minimum Gasteiger partial charge on any atom is -0.406 e. The van der Waals surface area contributed by atoms with E-state index in [2.05, 4.69) is 36.0 Å². The zero-order chi connectivity index (χ0) is 46.9. The molecule has 0 saturated heterocycles. The van der Waals surface area contributed by atoms with E-state index in [9.17, 15) is 45.8 Å². The van der Waals surface area contributed by atoms with Crippen LogP contribution in [0.15, 0.2) is 95.5 Å². The quantitative estimate of drug-likeness (QED) is 0.0444. The van der Waals surface area contributed by atoms with Crippen LogP contribution >= 0.6 is 50.7 Å². The van der Waals surface area contributed by atoms with E-state index in [0.29, 0.717) is 42.6 Å². The van der Waals surface area contributed by atoms with Crippen LogP contribution in [-0.2, 0) is 15.2 Å². The van der Waals surface area contributed by atoms with Gasteiger partial charge >= 0.3 is 12.7 Å². The van der Waals surface area contributed by atoms with E-state index in [4.69, 9.17) is 50.7 Å². The number of rotatable bonds is 3. The van der Waals surface area contributed by atoms with E-state index in [1.807, 2.05) is 25.1 Å². The number of benzene rings is 5. The van der Waals surface area contributed by atoms with Crippen LogP contribution in [0, 0.1) is 20.8 Å². The lowest BCUT2D eigenvalue weighted by molar-refractivity contribution is -0.275. The number of aliphatic hydroxyl groups excluding tert-OH is 1. The molecule has 0 fully saturated rings. The van der Waals surface area contributed by atoms with Crippen molar-refractivity contribution in [3.8, 4) is 11.5 Å². The molecule has 11 nitrogen and oxygen atoms in total. The molecule has 0 bridgehead atoms. The molecule has 7 N–H and O–H groups in total. The van der Waals surface area contributed by atoms with E-state index in [-0.39, 0.29) is 11.3 Å². The molecule has 0 radical (unpaired) electrons. The van der Waals surface area contributed by atoms with Gasteiger partial charge in [-0.1, -0.05) is 75.0 Å². The molecule has 0 saturated carbocycles. The number of nitrogens with two attached hydrogens (primary N) is 1.